The summed E-state index contributed by atoms with van der Waals surface area (Å²) in [7, 11) is 0. The zero-order valence-corrected chi connectivity index (χ0v) is 18.1. The third kappa shape index (κ3) is 3.82. The smallest absolute Gasteiger partial charge is 0.281 e. The number of benzene rings is 2. The molecule has 0 atom stereocenters. The quantitative estimate of drug-likeness (QED) is 0.658. The number of amides is 1. The molecule has 0 saturated carbocycles. The highest BCUT2D eigenvalue weighted by Gasteiger charge is 2.19. The summed E-state index contributed by atoms with van der Waals surface area (Å²) in [5.74, 6) is 0.869. The SMILES string of the molecule is CC(C)N(c1nc(=O)c2cc(NC(=O)c3ccc4c(c3)OCO4)ccc2s1)C(C)C. The first-order valence-corrected chi connectivity index (χ1v) is 10.6. The Hall–Kier alpha value is -3.13. The Labute approximate surface area is 178 Å². The third-order valence-corrected chi connectivity index (χ3v) is 5.90. The average Bonchev–Trinajstić information content (AvgIpc) is 3.15. The minimum Gasteiger partial charge on any atom is -0.454 e. The van der Waals surface area contributed by atoms with E-state index in [9.17, 15) is 9.59 Å². The minimum absolute atomic E-state index is 0.151. The van der Waals surface area contributed by atoms with Crippen molar-refractivity contribution in [2.45, 2.75) is 39.8 Å². The fourth-order valence-electron chi connectivity index (χ4n) is 3.52. The second-order valence-electron chi connectivity index (χ2n) is 7.63. The molecule has 0 fully saturated rings. The van der Waals surface area contributed by atoms with E-state index in [2.05, 4.69) is 42.9 Å². The molecule has 7 nitrogen and oxygen atoms in total. The number of fused-ring (bicyclic) bond motifs is 2. The first-order valence-electron chi connectivity index (χ1n) is 9.77. The van der Waals surface area contributed by atoms with Crippen molar-refractivity contribution in [2.75, 3.05) is 17.0 Å². The van der Waals surface area contributed by atoms with Gasteiger partial charge in [-0.2, -0.15) is 4.98 Å². The van der Waals surface area contributed by atoms with Crippen molar-refractivity contribution in [3.8, 4) is 11.5 Å². The molecule has 8 heteroatoms. The van der Waals surface area contributed by atoms with Crippen molar-refractivity contribution < 1.29 is 14.3 Å². The van der Waals surface area contributed by atoms with Gasteiger partial charge in [-0.3, -0.25) is 9.59 Å². The number of aromatic nitrogens is 1. The molecule has 2 heterocycles. The second-order valence-corrected chi connectivity index (χ2v) is 8.64. The lowest BCUT2D eigenvalue weighted by molar-refractivity contribution is 0.102. The van der Waals surface area contributed by atoms with Crippen LogP contribution in [0.5, 0.6) is 11.5 Å². The number of carbonyl (C=O) groups is 1. The maximum absolute atomic E-state index is 12.7. The molecule has 1 aliphatic heterocycles. The summed E-state index contributed by atoms with van der Waals surface area (Å²) in [5, 5.41) is 4.02. The van der Waals surface area contributed by atoms with Gasteiger partial charge in [0.25, 0.3) is 11.5 Å². The zero-order valence-electron chi connectivity index (χ0n) is 17.3. The van der Waals surface area contributed by atoms with E-state index < -0.39 is 0 Å². The van der Waals surface area contributed by atoms with Crippen LogP contribution < -0.4 is 25.2 Å². The van der Waals surface area contributed by atoms with Gasteiger partial charge in [0.05, 0.1) is 5.39 Å². The van der Waals surface area contributed by atoms with E-state index in [4.69, 9.17) is 9.47 Å². The fourth-order valence-corrected chi connectivity index (χ4v) is 4.77. The van der Waals surface area contributed by atoms with Crippen LogP contribution in [-0.4, -0.2) is 29.8 Å². The first-order chi connectivity index (χ1) is 14.3. The molecule has 0 radical (unpaired) electrons. The van der Waals surface area contributed by atoms with E-state index in [0.29, 0.717) is 33.3 Å². The number of anilines is 2. The lowest BCUT2D eigenvalue weighted by Gasteiger charge is -2.31. The maximum atomic E-state index is 12.7. The average molecular weight is 426 g/mol. The molecular weight excluding hydrogens is 402 g/mol. The van der Waals surface area contributed by atoms with E-state index >= 15 is 0 Å². The molecule has 30 heavy (non-hydrogen) atoms. The van der Waals surface area contributed by atoms with Crippen molar-refractivity contribution in [3.05, 3.63) is 52.3 Å². The Balaban J connectivity index is 1.62. The monoisotopic (exact) mass is 425 g/mol. The molecule has 0 bridgehead atoms. The molecule has 1 aliphatic rings. The number of rotatable bonds is 5. The number of ether oxygens (including phenoxy) is 2. The molecule has 2 aromatic carbocycles. The van der Waals surface area contributed by atoms with Crippen molar-refractivity contribution >= 4 is 38.1 Å². The van der Waals surface area contributed by atoms with Crippen LogP contribution in [0, 0.1) is 0 Å². The predicted octanol–water partition coefficient (Wildman–Crippen LogP) is 4.26. The summed E-state index contributed by atoms with van der Waals surface area (Å²) in [6.07, 6.45) is 0. The van der Waals surface area contributed by atoms with Crippen LogP contribution in [0.2, 0.25) is 0 Å². The highest BCUT2D eigenvalue weighted by molar-refractivity contribution is 7.21. The molecule has 4 rings (SSSR count). The second kappa shape index (κ2) is 7.95. The van der Waals surface area contributed by atoms with E-state index in [1.807, 2.05) is 6.07 Å². The van der Waals surface area contributed by atoms with Gasteiger partial charge >= 0.3 is 0 Å². The maximum Gasteiger partial charge on any atom is 0.281 e. The molecular formula is C22H23N3O4S. The van der Waals surface area contributed by atoms with Crippen molar-refractivity contribution in [2.24, 2.45) is 0 Å². The van der Waals surface area contributed by atoms with Gasteiger partial charge in [0.2, 0.25) is 6.79 Å². The normalized spacial score (nSPS) is 12.6. The van der Waals surface area contributed by atoms with E-state index in [0.717, 1.165) is 4.70 Å². The van der Waals surface area contributed by atoms with Gasteiger partial charge < -0.3 is 19.7 Å². The van der Waals surface area contributed by atoms with E-state index in [1.54, 1.807) is 30.3 Å². The van der Waals surface area contributed by atoms with Crippen molar-refractivity contribution in [1.29, 1.82) is 0 Å². The van der Waals surface area contributed by atoms with Gasteiger partial charge in [0.15, 0.2) is 16.6 Å². The zero-order chi connectivity index (χ0) is 21.4. The summed E-state index contributed by atoms with van der Waals surface area (Å²) in [5.41, 5.74) is 0.681. The standard InChI is InChI=1S/C22H23N3O4S/c1-12(2)25(13(3)4)22-24-21(27)16-10-15(6-8-19(16)30-22)23-20(26)14-5-7-17-18(9-14)29-11-28-17/h5-10,12-13H,11H2,1-4H3,(H,23,26). The Morgan fingerprint density at radius 1 is 1.07 bits per heavy atom. The molecule has 0 aliphatic carbocycles. The highest BCUT2D eigenvalue weighted by Crippen LogP contribution is 2.33. The largest absolute Gasteiger partial charge is 0.454 e. The highest BCUT2D eigenvalue weighted by atomic mass is 32.1. The summed E-state index contributed by atoms with van der Waals surface area (Å²) < 4.78 is 11.4. The van der Waals surface area contributed by atoms with Gasteiger partial charge in [-0.05, 0) is 64.1 Å². The van der Waals surface area contributed by atoms with E-state index in [-0.39, 0.29) is 30.3 Å². The number of nitrogens with one attached hydrogen (secondary N) is 1. The van der Waals surface area contributed by atoms with Gasteiger partial charge in [0.1, 0.15) is 0 Å². The first kappa shape index (κ1) is 20.2. The third-order valence-electron chi connectivity index (χ3n) is 4.83. The van der Waals surface area contributed by atoms with Crippen LogP contribution in [0.3, 0.4) is 0 Å². The molecule has 1 amide bonds. The minimum atomic E-state index is -0.302. The molecule has 1 aromatic heterocycles. The van der Waals surface area contributed by atoms with Gasteiger partial charge in [0, 0.05) is 28.0 Å². The van der Waals surface area contributed by atoms with Crippen LogP contribution in [-0.2, 0) is 0 Å². The Morgan fingerprint density at radius 2 is 1.80 bits per heavy atom. The number of hydrogen-bond donors (Lipinski definition) is 1. The van der Waals surface area contributed by atoms with Crippen LogP contribution in [0.25, 0.3) is 10.1 Å². The lowest BCUT2D eigenvalue weighted by atomic mass is 10.1. The Bertz CT molecular complexity index is 1160. The number of hydrogen-bond acceptors (Lipinski definition) is 7. The summed E-state index contributed by atoms with van der Waals surface area (Å²) in [6, 6.07) is 10.8. The lowest BCUT2D eigenvalue weighted by Crippen LogP contribution is -2.38. The topological polar surface area (TPSA) is 80.8 Å². The molecule has 0 spiro atoms. The molecule has 0 unspecified atom stereocenters. The fraction of sp³-hybridized carbons (Fsp3) is 0.318. The number of nitrogens with zero attached hydrogens (tertiary/aromatic N) is 2. The Kier molecular flexibility index (Phi) is 5.34. The van der Waals surface area contributed by atoms with Gasteiger partial charge in [-0.15, -0.1) is 0 Å². The van der Waals surface area contributed by atoms with Crippen LogP contribution >= 0.6 is 11.3 Å². The van der Waals surface area contributed by atoms with Crippen LogP contribution in [0.1, 0.15) is 38.1 Å². The summed E-state index contributed by atoms with van der Waals surface area (Å²) in [4.78, 5) is 31.8. The van der Waals surface area contributed by atoms with Crippen molar-refractivity contribution in [3.63, 3.8) is 0 Å². The van der Waals surface area contributed by atoms with Crippen molar-refractivity contribution in [1.82, 2.24) is 4.98 Å². The number of carbonyl (C=O) groups excluding carboxylic acids is 1. The summed E-state index contributed by atoms with van der Waals surface area (Å²) >= 11 is 1.47. The molecule has 3 aromatic rings. The molecule has 156 valence electrons. The summed E-state index contributed by atoms with van der Waals surface area (Å²) in [6.45, 7) is 8.48. The molecule has 0 saturated heterocycles. The van der Waals surface area contributed by atoms with Crippen LogP contribution in [0.15, 0.2) is 41.2 Å². The van der Waals surface area contributed by atoms with E-state index in [1.165, 1.54) is 11.3 Å². The van der Waals surface area contributed by atoms with Gasteiger partial charge in [-0.1, -0.05) is 11.3 Å². The van der Waals surface area contributed by atoms with Gasteiger partial charge in [-0.25, -0.2) is 0 Å². The predicted molar refractivity (Wildman–Crippen MR) is 119 cm³/mol. The molecule has 1 N–H and O–H groups in total. The van der Waals surface area contributed by atoms with Crippen LogP contribution in [0.4, 0.5) is 10.8 Å². The Morgan fingerprint density at radius 3 is 2.53 bits per heavy atom.